The molecule has 0 atom stereocenters. The van der Waals surface area contributed by atoms with Crippen LogP contribution in [0.1, 0.15) is 12.5 Å². The molecule has 2 N–H and O–H groups in total. The van der Waals surface area contributed by atoms with Gasteiger partial charge in [0.25, 0.3) is 10.0 Å². The topological polar surface area (TPSA) is 93.1 Å². The molecule has 0 radical (unpaired) electrons. The highest BCUT2D eigenvalue weighted by Crippen LogP contribution is 2.26. The van der Waals surface area contributed by atoms with Gasteiger partial charge in [-0.15, -0.1) is 0 Å². The Balaban J connectivity index is 2.20. The fourth-order valence-electron chi connectivity index (χ4n) is 1.93. The Kier molecular flexibility index (Phi) is 5.45. The zero-order chi connectivity index (χ0) is 17.9. The van der Waals surface area contributed by atoms with Gasteiger partial charge in [0.15, 0.2) is 5.82 Å². The summed E-state index contributed by atoms with van der Waals surface area (Å²) in [6.45, 7) is 3.68. The van der Waals surface area contributed by atoms with Crippen LogP contribution in [0, 0.1) is 12.7 Å². The number of anilines is 1. The molecule has 0 saturated carbocycles. The highest BCUT2D eigenvalue weighted by atomic mass is 35.5. The number of nitrogens with zero attached hydrogens (tertiary/aromatic N) is 2. The second-order valence-corrected chi connectivity index (χ2v) is 7.05. The lowest BCUT2D eigenvalue weighted by Crippen LogP contribution is -2.27. The van der Waals surface area contributed by atoms with Gasteiger partial charge < -0.3 is 5.32 Å². The molecule has 0 spiro atoms. The third kappa shape index (κ3) is 4.24. The number of nitrogens with one attached hydrogen (secondary N) is 2. The van der Waals surface area contributed by atoms with Crippen molar-refractivity contribution in [2.24, 2.45) is 0 Å². The molecule has 0 fully saturated rings. The van der Waals surface area contributed by atoms with Crippen molar-refractivity contribution in [3.8, 4) is 0 Å². The van der Waals surface area contributed by atoms with Gasteiger partial charge in [-0.05, 0) is 31.5 Å². The Bertz CT molecular complexity index is 867. The molecule has 0 aliphatic rings. The molecule has 1 aromatic heterocycles. The molecule has 1 aromatic carbocycles. The minimum atomic E-state index is -4.03. The lowest BCUT2D eigenvalue weighted by atomic mass is 10.2. The summed E-state index contributed by atoms with van der Waals surface area (Å²) in [7, 11) is -4.03. The Morgan fingerprint density at radius 2 is 2.12 bits per heavy atom. The summed E-state index contributed by atoms with van der Waals surface area (Å²) >= 11 is 5.82. The first-order valence-corrected chi connectivity index (χ1v) is 8.87. The van der Waals surface area contributed by atoms with Crippen molar-refractivity contribution in [3.05, 3.63) is 40.8 Å². The molecule has 24 heavy (non-hydrogen) atoms. The SMILES string of the molecule is CCNC(=O)Cn1ccc(NS(=O)(=O)c2cc(C)c(F)cc2Cl)n1. The highest BCUT2D eigenvalue weighted by molar-refractivity contribution is 7.92. The van der Waals surface area contributed by atoms with Crippen molar-refractivity contribution in [1.82, 2.24) is 15.1 Å². The summed E-state index contributed by atoms with van der Waals surface area (Å²) in [5, 5.41) is 6.34. The molecule has 130 valence electrons. The number of rotatable bonds is 6. The van der Waals surface area contributed by atoms with E-state index in [4.69, 9.17) is 11.6 Å². The van der Waals surface area contributed by atoms with Gasteiger partial charge in [0, 0.05) is 18.8 Å². The maximum absolute atomic E-state index is 13.4. The fraction of sp³-hybridized carbons (Fsp3) is 0.286. The average molecular weight is 375 g/mol. The minimum absolute atomic E-state index is 0.0253. The molecule has 0 aliphatic heterocycles. The van der Waals surface area contributed by atoms with Crippen molar-refractivity contribution in [1.29, 1.82) is 0 Å². The quantitative estimate of drug-likeness (QED) is 0.807. The zero-order valence-corrected chi connectivity index (χ0v) is 14.6. The van der Waals surface area contributed by atoms with Gasteiger partial charge in [-0.25, -0.2) is 12.8 Å². The van der Waals surface area contributed by atoms with E-state index < -0.39 is 15.8 Å². The third-order valence-electron chi connectivity index (χ3n) is 3.06. The van der Waals surface area contributed by atoms with Crippen molar-refractivity contribution < 1.29 is 17.6 Å². The van der Waals surface area contributed by atoms with E-state index in [9.17, 15) is 17.6 Å². The molecule has 0 bridgehead atoms. The van der Waals surface area contributed by atoms with Gasteiger partial charge in [0.1, 0.15) is 17.3 Å². The average Bonchev–Trinajstić information content (AvgIpc) is 2.89. The molecule has 1 heterocycles. The van der Waals surface area contributed by atoms with Crippen LogP contribution in [0.3, 0.4) is 0 Å². The van der Waals surface area contributed by atoms with Gasteiger partial charge in [-0.2, -0.15) is 5.10 Å². The van der Waals surface area contributed by atoms with Crippen LogP contribution in [0.2, 0.25) is 5.02 Å². The van der Waals surface area contributed by atoms with Crippen molar-refractivity contribution >= 4 is 33.3 Å². The molecule has 2 rings (SSSR count). The predicted molar refractivity (Wildman–Crippen MR) is 87.9 cm³/mol. The number of hydrogen-bond donors (Lipinski definition) is 2. The van der Waals surface area contributed by atoms with Gasteiger partial charge in [0.2, 0.25) is 5.91 Å². The molecule has 0 aliphatic carbocycles. The smallest absolute Gasteiger partial charge is 0.264 e. The van der Waals surface area contributed by atoms with Crippen molar-refractivity contribution in [2.45, 2.75) is 25.3 Å². The summed E-state index contributed by atoms with van der Waals surface area (Å²) in [6, 6.07) is 3.49. The fourth-order valence-corrected chi connectivity index (χ4v) is 3.53. The van der Waals surface area contributed by atoms with E-state index in [0.29, 0.717) is 6.54 Å². The second-order valence-electron chi connectivity index (χ2n) is 4.99. The first-order valence-electron chi connectivity index (χ1n) is 7.01. The van der Waals surface area contributed by atoms with E-state index in [1.807, 2.05) is 0 Å². The van der Waals surface area contributed by atoms with Gasteiger partial charge in [0.05, 0.1) is 5.02 Å². The van der Waals surface area contributed by atoms with E-state index in [0.717, 1.165) is 12.1 Å². The number of aryl methyl sites for hydroxylation is 1. The van der Waals surface area contributed by atoms with Gasteiger partial charge in [-0.3, -0.25) is 14.2 Å². The lowest BCUT2D eigenvalue weighted by molar-refractivity contribution is -0.121. The Morgan fingerprint density at radius 1 is 1.42 bits per heavy atom. The van der Waals surface area contributed by atoms with Gasteiger partial charge >= 0.3 is 0 Å². The standard InChI is InChI=1S/C14H16ClFN4O3S/c1-3-17-14(21)8-20-5-4-13(18-20)19-24(22,23)12-6-9(2)11(16)7-10(12)15/h4-7H,3,8H2,1-2H3,(H,17,21)(H,18,19). The van der Waals surface area contributed by atoms with Crippen LogP contribution in [-0.2, 0) is 21.4 Å². The number of hydrogen-bond acceptors (Lipinski definition) is 4. The summed E-state index contributed by atoms with van der Waals surface area (Å²) in [6.07, 6.45) is 1.46. The largest absolute Gasteiger partial charge is 0.355 e. The van der Waals surface area contributed by atoms with Crippen LogP contribution < -0.4 is 10.0 Å². The van der Waals surface area contributed by atoms with Gasteiger partial charge in [-0.1, -0.05) is 11.6 Å². The number of likely N-dealkylation sites (N-methyl/N-ethyl adjacent to an activating group) is 1. The van der Waals surface area contributed by atoms with Crippen LogP contribution in [-0.4, -0.2) is 30.7 Å². The maximum atomic E-state index is 13.4. The molecule has 10 heteroatoms. The number of amides is 1. The predicted octanol–water partition coefficient (Wildman–Crippen LogP) is 1.92. The number of aromatic nitrogens is 2. The summed E-state index contributed by atoms with van der Waals surface area (Å²) < 4.78 is 41.7. The van der Waals surface area contributed by atoms with Crippen molar-refractivity contribution in [2.75, 3.05) is 11.3 Å². The Labute approximate surface area is 143 Å². The molecule has 0 saturated heterocycles. The van der Waals surface area contributed by atoms with Crippen LogP contribution in [0.15, 0.2) is 29.3 Å². The van der Waals surface area contributed by atoms with E-state index in [1.54, 1.807) is 6.92 Å². The maximum Gasteiger partial charge on any atom is 0.264 e. The Morgan fingerprint density at radius 3 is 2.79 bits per heavy atom. The van der Waals surface area contributed by atoms with Crippen molar-refractivity contribution in [3.63, 3.8) is 0 Å². The number of halogens is 2. The van der Waals surface area contributed by atoms with Crippen LogP contribution in [0.4, 0.5) is 10.2 Å². The van der Waals surface area contributed by atoms with E-state index in [1.165, 1.54) is 23.9 Å². The molecular weight excluding hydrogens is 359 g/mol. The first-order chi connectivity index (χ1) is 11.2. The third-order valence-corrected chi connectivity index (χ3v) is 4.88. The normalized spacial score (nSPS) is 11.3. The number of carbonyl (C=O) groups excluding carboxylic acids is 1. The van der Waals surface area contributed by atoms with E-state index >= 15 is 0 Å². The second kappa shape index (κ2) is 7.18. The zero-order valence-electron chi connectivity index (χ0n) is 13.0. The monoisotopic (exact) mass is 374 g/mol. The molecule has 2 aromatic rings. The molecular formula is C14H16ClFN4O3S. The van der Waals surface area contributed by atoms with Crippen LogP contribution >= 0.6 is 11.6 Å². The molecule has 0 unspecified atom stereocenters. The van der Waals surface area contributed by atoms with Crippen LogP contribution in [0.5, 0.6) is 0 Å². The summed E-state index contributed by atoms with van der Waals surface area (Å²) in [5.41, 5.74) is 0.154. The highest BCUT2D eigenvalue weighted by Gasteiger charge is 2.21. The minimum Gasteiger partial charge on any atom is -0.355 e. The lowest BCUT2D eigenvalue weighted by Gasteiger charge is -2.09. The van der Waals surface area contributed by atoms with E-state index in [-0.39, 0.29) is 33.8 Å². The molecule has 7 nitrogen and oxygen atoms in total. The van der Waals surface area contributed by atoms with Crippen LogP contribution in [0.25, 0.3) is 0 Å². The summed E-state index contributed by atoms with van der Waals surface area (Å²) in [5.74, 6) is -0.810. The summed E-state index contributed by atoms with van der Waals surface area (Å²) in [4.78, 5) is 11.2. The number of carbonyl (C=O) groups is 1. The number of benzene rings is 1. The number of sulfonamides is 1. The van der Waals surface area contributed by atoms with E-state index in [2.05, 4.69) is 15.1 Å². The first kappa shape index (κ1) is 18.2. The Hall–Kier alpha value is -2.13. The molecule has 1 amide bonds.